The number of fused-ring (bicyclic) bond motifs is 2. The second-order valence-electron chi connectivity index (χ2n) is 7.38. The molecule has 1 aliphatic carbocycles. The molecule has 1 saturated heterocycles. The number of carbonyl (C=O) groups excluding carboxylic acids is 2. The lowest BCUT2D eigenvalue weighted by Gasteiger charge is -2.37. The SMILES string of the molecule is CC(C)(C)NC(=O)[C@]12CC[C@@](C)(C(=O)O1)C2(C)C. The number of rotatable bonds is 1. The molecular formula is C14H23NO3. The summed E-state index contributed by atoms with van der Waals surface area (Å²) in [5, 5.41) is 2.96. The Labute approximate surface area is 108 Å². The van der Waals surface area contributed by atoms with Gasteiger partial charge in [-0.15, -0.1) is 0 Å². The van der Waals surface area contributed by atoms with Crippen LogP contribution in [0.15, 0.2) is 0 Å². The van der Waals surface area contributed by atoms with Crippen LogP contribution in [0.4, 0.5) is 0 Å². The summed E-state index contributed by atoms with van der Waals surface area (Å²) in [6, 6.07) is 0. The predicted molar refractivity (Wildman–Crippen MR) is 67.8 cm³/mol. The molecule has 0 aromatic carbocycles. The van der Waals surface area contributed by atoms with Crippen LogP contribution in [0.5, 0.6) is 0 Å². The van der Waals surface area contributed by atoms with Crippen molar-refractivity contribution in [2.75, 3.05) is 0 Å². The highest BCUT2D eigenvalue weighted by Gasteiger charge is 2.75. The summed E-state index contributed by atoms with van der Waals surface area (Å²) < 4.78 is 5.52. The highest BCUT2D eigenvalue weighted by Crippen LogP contribution is 2.65. The zero-order chi connectivity index (χ0) is 14.0. The molecule has 1 aliphatic heterocycles. The Balaban J connectivity index is 2.39. The molecule has 2 aliphatic rings. The maximum atomic E-state index is 12.6. The van der Waals surface area contributed by atoms with Gasteiger partial charge < -0.3 is 10.1 Å². The van der Waals surface area contributed by atoms with Gasteiger partial charge in [0.2, 0.25) is 0 Å². The van der Waals surface area contributed by atoms with Crippen LogP contribution in [0, 0.1) is 10.8 Å². The van der Waals surface area contributed by atoms with E-state index in [1.165, 1.54) is 0 Å². The first-order valence-corrected chi connectivity index (χ1v) is 6.52. The summed E-state index contributed by atoms with van der Waals surface area (Å²) in [7, 11) is 0. The van der Waals surface area contributed by atoms with Crippen LogP contribution in [-0.2, 0) is 14.3 Å². The fourth-order valence-electron chi connectivity index (χ4n) is 3.19. The molecule has 4 heteroatoms. The van der Waals surface area contributed by atoms with Gasteiger partial charge in [-0.1, -0.05) is 13.8 Å². The van der Waals surface area contributed by atoms with Crippen LogP contribution in [0.3, 0.4) is 0 Å². The number of esters is 1. The van der Waals surface area contributed by atoms with Gasteiger partial charge in [-0.25, -0.2) is 0 Å². The molecule has 0 aromatic rings. The number of ether oxygens (including phenoxy) is 1. The molecule has 0 unspecified atom stereocenters. The summed E-state index contributed by atoms with van der Waals surface area (Å²) in [6.45, 7) is 11.6. The fourth-order valence-corrected chi connectivity index (χ4v) is 3.19. The fraction of sp³-hybridized carbons (Fsp3) is 0.857. The molecule has 1 N–H and O–H groups in total. The van der Waals surface area contributed by atoms with Gasteiger partial charge in [-0.2, -0.15) is 0 Å². The molecule has 2 atom stereocenters. The van der Waals surface area contributed by atoms with Crippen LogP contribution in [0.1, 0.15) is 54.4 Å². The molecule has 2 bridgehead atoms. The number of carbonyl (C=O) groups is 2. The van der Waals surface area contributed by atoms with E-state index in [-0.39, 0.29) is 17.4 Å². The first kappa shape index (κ1) is 13.4. The quantitative estimate of drug-likeness (QED) is 0.727. The van der Waals surface area contributed by atoms with Gasteiger partial charge in [0, 0.05) is 11.0 Å². The third kappa shape index (κ3) is 1.38. The highest BCUT2D eigenvalue weighted by molar-refractivity contribution is 5.96. The first-order valence-electron chi connectivity index (χ1n) is 6.52. The lowest BCUT2D eigenvalue weighted by molar-refractivity contribution is -0.169. The minimum Gasteiger partial charge on any atom is -0.448 e. The molecule has 0 radical (unpaired) electrons. The topological polar surface area (TPSA) is 55.4 Å². The third-order valence-corrected chi connectivity index (χ3v) is 4.94. The largest absolute Gasteiger partial charge is 0.448 e. The maximum Gasteiger partial charge on any atom is 0.313 e. The van der Waals surface area contributed by atoms with Gasteiger partial charge in [0.15, 0.2) is 5.60 Å². The van der Waals surface area contributed by atoms with Gasteiger partial charge in [0.05, 0.1) is 5.41 Å². The second-order valence-corrected chi connectivity index (χ2v) is 7.38. The van der Waals surface area contributed by atoms with Gasteiger partial charge in [-0.3, -0.25) is 9.59 Å². The van der Waals surface area contributed by atoms with Crippen molar-refractivity contribution in [1.82, 2.24) is 5.32 Å². The Hall–Kier alpha value is -1.06. The van der Waals surface area contributed by atoms with Crippen LogP contribution in [0.2, 0.25) is 0 Å². The van der Waals surface area contributed by atoms with Crippen LogP contribution in [-0.4, -0.2) is 23.0 Å². The molecule has 18 heavy (non-hydrogen) atoms. The number of hydrogen-bond acceptors (Lipinski definition) is 3. The maximum absolute atomic E-state index is 12.6. The smallest absolute Gasteiger partial charge is 0.313 e. The normalized spacial score (nSPS) is 37.6. The Kier molecular flexibility index (Phi) is 2.44. The minimum absolute atomic E-state index is 0.158. The Bertz CT molecular complexity index is 421. The summed E-state index contributed by atoms with van der Waals surface area (Å²) >= 11 is 0. The summed E-state index contributed by atoms with van der Waals surface area (Å²) in [6.07, 6.45) is 1.33. The lowest BCUT2D eigenvalue weighted by atomic mass is 9.66. The molecule has 0 aromatic heterocycles. The van der Waals surface area contributed by atoms with E-state index in [0.29, 0.717) is 6.42 Å². The van der Waals surface area contributed by atoms with Crippen LogP contribution < -0.4 is 5.32 Å². The number of hydrogen-bond donors (Lipinski definition) is 1. The van der Waals surface area contributed by atoms with E-state index in [4.69, 9.17) is 4.74 Å². The van der Waals surface area contributed by atoms with E-state index in [1.807, 2.05) is 41.5 Å². The van der Waals surface area contributed by atoms with Crippen molar-refractivity contribution >= 4 is 11.9 Å². The summed E-state index contributed by atoms with van der Waals surface area (Å²) in [5.74, 6) is -0.391. The van der Waals surface area contributed by atoms with E-state index < -0.39 is 16.4 Å². The average molecular weight is 253 g/mol. The number of nitrogens with one attached hydrogen (secondary N) is 1. The summed E-state index contributed by atoms with van der Waals surface area (Å²) in [5.41, 5.74) is -2.32. The Morgan fingerprint density at radius 1 is 1.22 bits per heavy atom. The molecular weight excluding hydrogens is 230 g/mol. The van der Waals surface area contributed by atoms with Crippen molar-refractivity contribution in [1.29, 1.82) is 0 Å². The van der Waals surface area contributed by atoms with E-state index >= 15 is 0 Å². The van der Waals surface area contributed by atoms with Crippen molar-refractivity contribution in [3.63, 3.8) is 0 Å². The lowest BCUT2D eigenvalue weighted by Crippen LogP contribution is -2.57. The third-order valence-electron chi connectivity index (χ3n) is 4.94. The molecule has 1 saturated carbocycles. The molecule has 0 spiro atoms. The molecule has 4 nitrogen and oxygen atoms in total. The zero-order valence-electron chi connectivity index (χ0n) is 12.1. The minimum atomic E-state index is -0.994. The number of amides is 1. The molecule has 2 rings (SSSR count). The second kappa shape index (κ2) is 3.28. The average Bonchev–Trinajstić information content (AvgIpc) is 2.45. The standard InChI is InChI=1S/C14H23NO3/c1-11(2,3)15-9(16)14-8-7-13(6,10(17)18-14)12(14,4)5/h7-8H2,1-6H3,(H,15,16)/t13-,14-/m0/s1. The molecule has 102 valence electrons. The first-order chi connectivity index (χ1) is 7.96. The Morgan fingerprint density at radius 2 is 1.78 bits per heavy atom. The van der Waals surface area contributed by atoms with Crippen LogP contribution >= 0.6 is 0 Å². The van der Waals surface area contributed by atoms with Crippen molar-refractivity contribution in [3.05, 3.63) is 0 Å². The van der Waals surface area contributed by atoms with E-state index in [0.717, 1.165) is 6.42 Å². The molecule has 2 fully saturated rings. The van der Waals surface area contributed by atoms with E-state index in [2.05, 4.69) is 5.32 Å². The monoisotopic (exact) mass is 253 g/mol. The van der Waals surface area contributed by atoms with Crippen LogP contribution in [0.25, 0.3) is 0 Å². The summed E-state index contributed by atoms with van der Waals surface area (Å²) in [4.78, 5) is 24.6. The highest BCUT2D eigenvalue weighted by atomic mass is 16.6. The van der Waals surface area contributed by atoms with Gasteiger partial charge in [0.1, 0.15) is 0 Å². The van der Waals surface area contributed by atoms with Gasteiger partial charge >= 0.3 is 5.97 Å². The molecule has 1 amide bonds. The van der Waals surface area contributed by atoms with Crippen molar-refractivity contribution < 1.29 is 14.3 Å². The van der Waals surface area contributed by atoms with Crippen molar-refractivity contribution in [2.45, 2.75) is 65.5 Å². The molecule has 1 heterocycles. The Morgan fingerprint density at radius 3 is 2.11 bits per heavy atom. The zero-order valence-corrected chi connectivity index (χ0v) is 12.1. The van der Waals surface area contributed by atoms with Crippen molar-refractivity contribution in [3.8, 4) is 0 Å². The van der Waals surface area contributed by atoms with Gasteiger partial charge in [0.25, 0.3) is 5.91 Å². The van der Waals surface area contributed by atoms with E-state index in [1.54, 1.807) is 0 Å². The predicted octanol–water partition coefficient (Wildman–Crippen LogP) is 2.02. The van der Waals surface area contributed by atoms with E-state index in [9.17, 15) is 9.59 Å². The van der Waals surface area contributed by atoms with Gasteiger partial charge in [-0.05, 0) is 40.5 Å². The van der Waals surface area contributed by atoms with Crippen molar-refractivity contribution in [2.24, 2.45) is 10.8 Å².